The lowest BCUT2D eigenvalue weighted by atomic mass is 9.67. The van der Waals surface area contributed by atoms with E-state index < -0.39 is 10.8 Å². The quantitative estimate of drug-likeness (QED) is 0.124. The van der Waals surface area contributed by atoms with Gasteiger partial charge in [0.15, 0.2) is 34.9 Å². The minimum atomic E-state index is -0.707. The standard InChI is InChI=1S/C110H66N8S2/c1-4-22-69(23-5-1)81-58-59-83(102-88(81)33-21-61-112-102)78-52-56-86-87-57-53-80(66-96(87)110(95(86)65-78)91-36-12-16-40-99(91)120-100-41-17-13-37-92(100)110)108-117-104(72-26-8-3-9-27-72)116-107(118-108)79-30-18-29-75(62-79)67-42-46-73(47-43-67)105-113-103(71-24-6-2-7-25-71)114-106(115-105)74-48-44-68(45-49-74)76-50-54-84-85-55-51-77(82-32-19-28-70-31-20-60-111-101(70)82)64-94(85)109(93(84)63-76)89-34-10-14-38-97(89)119-98-39-15-11-35-90(98)109/h1-66H. The average Bonchev–Trinajstić information content (AvgIpc) is 1.51. The van der Waals surface area contributed by atoms with Crippen molar-refractivity contribution in [3.63, 3.8) is 0 Å². The summed E-state index contributed by atoms with van der Waals surface area (Å²) in [5.74, 6) is 3.47. The third-order valence-electron chi connectivity index (χ3n) is 24.7. The number of benzene rings is 16. The molecule has 0 bridgehead atoms. The maximum absolute atomic E-state index is 5.49. The topological polar surface area (TPSA) is 103 Å². The Kier molecular flexibility index (Phi) is 16.1. The van der Waals surface area contributed by atoms with E-state index in [4.69, 9.17) is 39.9 Å². The Morgan fingerprint density at radius 2 is 0.475 bits per heavy atom. The zero-order valence-electron chi connectivity index (χ0n) is 64.5. The molecule has 0 atom stereocenters. The Balaban J connectivity index is 0.572. The van der Waals surface area contributed by atoms with E-state index in [0.717, 1.165) is 111 Å². The first-order chi connectivity index (χ1) is 59.4. The van der Waals surface area contributed by atoms with Gasteiger partial charge in [-0.15, -0.1) is 0 Å². The van der Waals surface area contributed by atoms with Crippen LogP contribution >= 0.6 is 23.5 Å². The molecule has 0 amide bonds. The fourth-order valence-corrected chi connectivity index (χ4v) is 21.6. The maximum atomic E-state index is 5.49. The molecule has 16 aromatic carbocycles. The molecule has 6 heterocycles. The second-order valence-electron chi connectivity index (χ2n) is 31.1. The molecule has 10 heteroatoms. The molecule has 24 rings (SSSR count). The maximum Gasteiger partial charge on any atom is 0.164 e. The number of fused-ring (bicyclic) bond motifs is 20. The summed E-state index contributed by atoms with van der Waals surface area (Å²) in [6, 6.07) is 140. The molecule has 0 saturated heterocycles. The van der Waals surface area contributed by atoms with Gasteiger partial charge >= 0.3 is 0 Å². The zero-order chi connectivity index (χ0) is 79.0. The predicted octanol–water partition coefficient (Wildman–Crippen LogP) is 27.1. The highest BCUT2D eigenvalue weighted by Crippen LogP contribution is 2.65. The van der Waals surface area contributed by atoms with Gasteiger partial charge in [0.1, 0.15) is 0 Å². The van der Waals surface area contributed by atoms with Crippen molar-refractivity contribution in [1.29, 1.82) is 0 Å². The lowest BCUT2D eigenvalue weighted by Crippen LogP contribution is -2.32. The largest absolute Gasteiger partial charge is 0.256 e. The van der Waals surface area contributed by atoms with Crippen molar-refractivity contribution in [1.82, 2.24) is 39.9 Å². The number of para-hydroxylation sites is 1. The summed E-state index contributed by atoms with van der Waals surface area (Å²) in [7, 11) is 0. The van der Waals surface area contributed by atoms with Crippen LogP contribution in [0, 0.1) is 0 Å². The third kappa shape index (κ3) is 11.0. The summed E-state index contributed by atoms with van der Waals surface area (Å²) in [5, 5.41) is 2.23. The number of pyridine rings is 2. The average molecular weight is 1560 g/mol. The van der Waals surface area contributed by atoms with Crippen LogP contribution in [0.4, 0.5) is 0 Å². The fourth-order valence-electron chi connectivity index (χ4n) is 19.2. The van der Waals surface area contributed by atoms with E-state index in [1.807, 2.05) is 84.4 Å². The van der Waals surface area contributed by atoms with E-state index in [1.165, 1.54) is 86.3 Å². The molecule has 4 aliphatic rings. The van der Waals surface area contributed by atoms with Crippen molar-refractivity contribution in [3.05, 3.63) is 445 Å². The summed E-state index contributed by atoms with van der Waals surface area (Å²) < 4.78 is 0. The van der Waals surface area contributed by atoms with Gasteiger partial charge in [-0.25, -0.2) is 29.9 Å². The predicted molar refractivity (Wildman–Crippen MR) is 486 cm³/mol. The molecule has 4 aromatic heterocycles. The van der Waals surface area contributed by atoms with Crippen LogP contribution in [-0.4, -0.2) is 39.9 Å². The van der Waals surface area contributed by atoms with Gasteiger partial charge in [-0.2, -0.15) is 0 Å². The minimum absolute atomic E-state index is 0.566. The van der Waals surface area contributed by atoms with E-state index in [-0.39, 0.29) is 0 Å². The molecule has 2 aliphatic carbocycles. The normalized spacial score (nSPS) is 13.2. The highest BCUT2D eigenvalue weighted by atomic mass is 32.2. The van der Waals surface area contributed by atoms with Crippen LogP contribution in [-0.2, 0) is 10.8 Å². The highest BCUT2D eigenvalue weighted by molar-refractivity contribution is 7.99. The van der Waals surface area contributed by atoms with Crippen molar-refractivity contribution in [2.75, 3.05) is 0 Å². The second-order valence-corrected chi connectivity index (χ2v) is 33.3. The van der Waals surface area contributed by atoms with Crippen molar-refractivity contribution >= 4 is 45.3 Å². The van der Waals surface area contributed by atoms with Gasteiger partial charge in [0, 0.05) is 87.3 Å². The summed E-state index contributed by atoms with van der Waals surface area (Å²) in [6.07, 6.45) is 3.81. The van der Waals surface area contributed by atoms with Gasteiger partial charge in [-0.05, 0) is 178 Å². The van der Waals surface area contributed by atoms with Gasteiger partial charge in [0.25, 0.3) is 0 Å². The highest BCUT2D eigenvalue weighted by Gasteiger charge is 2.52. The molecule has 2 aliphatic heterocycles. The molecule has 20 aromatic rings. The van der Waals surface area contributed by atoms with E-state index in [0.29, 0.717) is 34.9 Å². The number of hydrogen-bond acceptors (Lipinski definition) is 10. The molecule has 0 N–H and O–H groups in total. The van der Waals surface area contributed by atoms with Crippen LogP contribution in [0.5, 0.6) is 0 Å². The lowest BCUT2D eigenvalue weighted by Gasteiger charge is -2.40. The van der Waals surface area contributed by atoms with Crippen molar-refractivity contribution in [3.8, 4) is 146 Å². The number of nitrogens with zero attached hydrogens (tertiary/aromatic N) is 8. The Bertz CT molecular complexity index is 7510. The molecule has 120 heavy (non-hydrogen) atoms. The summed E-state index contributed by atoms with van der Waals surface area (Å²) >= 11 is 3.70. The summed E-state index contributed by atoms with van der Waals surface area (Å²) in [6.45, 7) is 0. The molecule has 0 unspecified atom stereocenters. The van der Waals surface area contributed by atoms with Gasteiger partial charge < -0.3 is 0 Å². The Morgan fingerprint density at radius 1 is 0.175 bits per heavy atom. The van der Waals surface area contributed by atoms with E-state index in [2.05, 4.69) is 340 Å². The number of rotatable bonds is 11. The summed E-state index contributed by atoms with van der Waals surface area (Å²) in [5.41, 5.74) is 31.8. The van der Waals surface area contributed by atoms with Crippen LogP contribution in [0.25, 0.3) is 168 Å². The number of hydrogen-bond donors (Lipinski definition) is 0. The monoisotopic (exact) mass is 1560 g/mol. The summed E-state index contributed by atoms with van der Waals surface area (Å²) in [4.78, 5) is 46.9. The SMILES string of the molecule is c1ccc(-c2nc(-c3ccc(-c4cccc(-c5nc(-c6ccccc6)nc(-c6ccc7c(c6)C6(c8ccccc8Sc8ccccc86)c6cc(-c8ccc(-c9ccccc9)c9cccnc89)ccc6-7)n5)c4)cc3)nc(-c3ccc(-c4ccc5c(c4)C4(c6ccccc6Sc6ccccc64)c4cc(-c6cccc7cccnc67)ccc4-5)cc3)n2)cc1. The van der Waals surface area contributed by atoms with Crippen molar-refractivity contribution in [2.45, 2.75) is 30.4 Å². The minimum Gasteiger partial charge on any atom is -0.256 e. The first-order valence-electron chi connectivity index (χ1n) is 40.5. The van der Waals surface area contributed by atoms with Gasteiger partial charge in [-0.3, -0.25) is 9.97 Å². The van der Waals surface area contributed by atoms with Crippen LogP contribution < -0.4 is 0 Å². The van der Waals surface area contributed by atoms with Gasteiger partial charge in [0.2, 0.25) is 0 Å². The molecule has 0 fully saturated rings. The van der Waals surface area contributed by atoms with Crippen molar-refractivity contribution < 1.29 is 0 Å². The molecule has 8 nitrogen and oxygen atoms in total. The fraction of sp³-hybridized carbons (Fsp3) is 0.0182. The van der Waals surface area contributed by atoms with Crippen LogP contribution in [0.15, 0.2) is 420 Å². The van der Waals surface area contributed by atoms with E-state index in [9.17, 15) is 0 Å². The molecule has 558 valence electrons. The first-order valence-corrected chi connectivity index (χ1v) is 42.1. The van der Waals surface area contributed by atoms with Gasteiger partial charge in [0.05, 0.1) is 21.9 Å². The van der Waals surface area contributed by atoms with E-state index >= 15 is 0 Å². The molecular formula is C110H66N8S2. The second kappa shape index (κ2) is 27.9. The van der Waals surface area contributed by atoms with Crippen LogP contribution in [0.1, 0.15) is 44.5 Å². The van der Waals surface area contributed by atoms with Crippen LogP contribution in [0.2, 0.25) is 0 Å². The molecule has 0 radical (unpaired) electrons. The van der Waals surface area contributed by atoms with E-state index in [1.54, 1.807) is 0 Å². The Hall–Kier alpha value is -14.9. The molecular weight excluding hydrogens is 1500 g/mol. The third-order valence-corrected chi connectivity index (χ3v) is 27.0. The molecule has 0 saturated carbocycles. The first kappa shape index (κ1) is 69.4. The zero-order valence-corrected chi connectivity index (χ0v) is 66.1. The number of aromatic nitrogens is 8. The Morgan fingerprint density at radius 3 is 0.958 bits per heavy atom. The lowest BCUT2D eigenvalue weighted by molar-refractivity contribution is 0.722. The molecule has 2 spiro atoms. The van der Waals surface area contributed by atoms with Crippen LogP contribution in [0.3, 0.4) is 0 Å². The smallest absolute Gasteiger partial charge is 0.164 e. The van der Waals surface area contributed by atoms with Gasteiger partial charge in [-0.1, -0.05) is 345 Å². The van der Waals surface area contributed by atoms with Crippen molar-refractivity contribution in [2.24, 2.45) is 0 Å². The Labute approximate surface area is 701 Å².